The number of nitrogens with zero attached hydrogens (tertiary/aromatic N) is 2. The van der Waals surface area contributed by atoms with Gasteiger partial charge in [0.25, 0.3) is 0 Å². The molecule has 0 bridgehead atoms. The van der Waals surface area contributed by atoms with Crippen LogP contribution in [0.2, 0.25) is 5.02 Å². The van der Waals surface area contributed by atoms with E-state index in [0.29, 0.717) is 17.7 Å². The molecule has 1 N–H and O–H groups in total. The summed E-state index contributed by atoms with van der Waals surface area (Å²) < 4.78 is 0. The van der Waals surface area contributed by atoms with Crippen molar-refractivity contribution < 1.29 is 4.92 Å². The molecule has 6 heteroatoms. The molecule has 1 heterocycles. The van der Waals surface area contributed by atoms with Crippen molar-refractivity contribution in [1.29, 1.82) is 0 Å². The van der Waals surface area contributed by atoms with Crippen LogP contribution in [-0.2, 0) is 0 Å². The van der Waals surface area contributed by atoms with E-state index in [1.165, 1.54) is 12.3 Å². The second-order valence-corrected chi connectivity index (χ2v) is 5.82. The van der Waals surface area contributed by atoms with Gasteiger partial charge in [0.2, 0.25) is 5.82 Å². The van der Waals surface area contributed by atoms with Crippen molar-refractivity contribution in [2.45, 2.75) is 39.2 Å². The first-order chi connectivity index (χ1) is 8.97. The summed E-state index contributed by atoms with van der Waals surface area (Å²) in [5.74, 6) is 1.66. The predicted octanol–water partition coefficient (Wildman–Crippen LogP) is 3.88. The van der Waals surface area contributed by atoms with E-state index in [-0.39, 0.29) is 16.8 Å². The predicted molar refractivity (Wildman–Crippen MR) is 75.5 cm³/mol. The molecule has 5 nitrogen and oxygen atoms in total. The van der Waals surface area contributed by atoms with Gasteiger partial charge in [0, 0.05) is 18.3 Å². The van der Waals surface area contributed by atoms with Crippen molar-refractivity contribution in [3.05, 3.63) is 27.4 Å². The Bertz CT molecular complexity index is 481. The van der Waals surface area contributed by atoms with Gasteiger partial charge >= 0.3 is 5.69 Å². The van der Waals surface area contributed by atoms with Gasteiger partial charge in [-0.1, -0.05) is 25.4 Å². The number of nitro groups is 1. The molecule has 2 rings (SSSR count). The lowest BCUT2D eigenvalue weighted by Crippen LogP contribution is -2.30. The Hall–Kier alpha value is -1.36. The van der Waals surface area contributed by atoms with Crippen molar-refractivity contribution in [2.24, 2.45) is 11.8 Å². The zero-order valence-corrected chi connectivity index (χ0v) is 11.9. The van der Waals surface area contributed by atoms with Crippen molar-refractivity contribution in [3.8, 4) is 0 Å². The van der Waals surface area contributed by atoms with Crippen LogP contribution in [-0.4, -0.2) is 15.9 Å². The highest BCUT2D eigenvalue weighted by molar-refractivity contribution is 6.30. The Labute approximate surface area is 117 Å². The monoisotopic (exact) mass is 283 g/mol. The molecule has 3 unspecified atom stereocenters. The number of rotatable bonds is 3. The third-order valence-corrected chi connectivity index (χ3v) is 4.18. The molecular formula is C13H18ClN3O2. The lowest BCUT2D eigenvalue weighted by Gasteiger charge is -2.32. The van der Waals surface area contributed by atoms with Gasteiger partial charge in [-0.25, -0.2) is 4.98 Å². The third-order valence-electron chi connectivity index (χ3n) is 3.97. The molecule has 1 aromatic heterocycles. The Morgan fingerprint density at radius 2 is 2.16 bits per heavy atom. The van der Waals surface area contributed by atoms with Crippen LogP contribution >= 0.6 is 11.6 Å². The number of halogens is 1. The van der Waals surface area contributed by atoms with Crippen LogP contribution in [0.15, 0.2) is 12.3 Å². The van der Waals surface area contributed by atoms with Gasteiger partial charge in [-0.15, -0.1) is 0 Å². The highest BCUT2D eigenvalue weighted by Crippen LogP contribution is 2.33. The Morgan fingerprint density at radius 1 is 1.42 bits per heavy atom. The summed E-state index contributed by atoms with van der Waals surface area (Å²) in [4.78, 5) is 14.6. The van der Waals surface area contributed by atoms with Crippen LogP contribution in [0, 0.1) is 22.0 Å². The quantitative estimate of drug-likeness (QED) is 0.675. The smallest absolute Gasteiger partial charge is 0.312 e. The lowest BCUT2D eigenvalue weighted by atomic mass is 9.79. The molecule has 1 saturated carbocycles. The maximum atomic E-state index is 11.0. The Kier molecular flexibility index (Phi) is 4.24. The van der Waals surface area contributed by atoms with E-state index in [4.69, 9.17) is 11.6 Å². The second-order valence-electron chi connectivity index (χ2n) is 5.39. The van der Waals surface area contributed by atoms with E-state index in [1.54, 1.807) is 0 Å². The van der Waals surface area contributed by atoms with Gasteiger partial charge in [0.05, 0.1) is 9.95 Å². The first-order valence-electron chi connectivity index (χ1n) is 6.54. The van der Waals surface area contributed by atoms with Crippen molar-refractivity contribution in [3.63, 3.8) is 0 Å². The maximum absolute atomic E-state index is 11.0. The zero-order valence-electron chi connectivity index (χ0n) is 11.1. The number of nitrogens with one attached hydrogen (secondary N) is 1. The van der Waals surface area contributed by atoms with Crippen LogP contribution in [0.25, 0.3) is 0 Å². The number of hydrogen-bond donors (Lipinski definition) is 1. The van der Waals surface area contributed by atoms with Crippen LogP contribution < -0.4 is 5.32 Å². The van der Waals surface area contributed by atoms with E-state index >= 15 is 0 Å². The van der Waals surface area contributed by atoms with Crippen LogP contribution in [0.4, 0.5) is 11.5 Å². The number of hydrogen-bond acceptors (Lipinski definition) is 4. The fourth-order valence-electron chi connectivity index (χ4n) is 2.55. The number of pyridine rings is 1. The molecule has 0 radical (unpaired) electrons. The summed E-state index contributed by atoms with van der Waals surface area (Å²) in [6.07, 6.45) is 4.61. The number of aromatic nitrogens is 1. The average molecular weight is 284 g/mol. The average Bonchev–Trinajstić information content (AvgIpc) is 2.36. The standard InChI is InChI=1S/C13H18ClN3O2/c1-8-3-4-11(5-9(8)2)16-13-12(17(18)19)6-10(14)7-15-13/h6-9,11H,3-5H2,1-2H3,(H,15,16). The molecule has 1 aliphatic rings. The normalized spacial score (nSPS) is 27.0. The molecule has 1 aliphatic carbocycles. The highest BCUT2D eigenvalue weighted by Gasteiger charge is 2.26. The summed E-state index contributed by atoms with van der Waals surface area (Å²) in [5, 5.41) is 14.5. The third kappa shape index (κ3) is 3.35. The SMILES string of the molecule is CC1CCC(Nc2ncc(Cl)cc2[N+](=O)[O-])CC1C. The Balaban J connectivity index is 2.13. The second kappa shape index (κ2) is 5.74. The molecule has 104 valence electrons. The minimum Gasteiger partial charge on any atom is -0.362 e. The van der Waals surface area contributed by atoms with Crippen LogP contribution in [0.5, 0.6) is 0 Å². The molecule has 0 amide bonds. The molecule has 1 fully saturated rings. The molecule has 19 heavy (non-hydrogen) atoms. The van der Waals surface area contributed by atoms with Crippen molar-refractivity contribution in [2.75, 3.05) is 5.32 Å². The van der Waals surface area contributed by atoms with E-state index in [9.17, 15) is 10.1 Å². The molecule has 3 atom stereocenters. The van der Waals surface area contributed by atoms with Crippen LogP contribution in [0.1, 0.15) is 33.1 Å². The van der Waals surface area contributed by atoms with Gasteiger partial charge in [0.1, 0.15) is 0 Å². The van der Waals surface area contributed by atoms with Crippen molar-refractivity contribution in [1.82, 2.24) is 4.98 Å². The van der Waals surface area contributed by atoms with E-state index < -0.39 is 4.92 Å². The molecular weight excluding hydrogens is 266 g/mol. The molecule has 1 aromatic rings. The fraction of sp³-hybridized carbons (Fsp3) is 0.615. The van der Waals surface area contributed by atoms with E-state index in [0.717, 1.165) is 19.3 Å². The van der Waals surface area contributed by atoms with E-state index in [2.05, 4.69) is 24.1 Å². The number of anilines is 1. The molecule has 0 aliphatic heterocycles. The first-order valence-corrected chi connectivity index (χ1v) is 6.91. The van der Waals surface area contributed by atoms with Gasteiger partial charge in [-0.3, -0.25) is 10.1 Å². The first kappa shape index (κ1) is 14.1. The van der Waals surface area contributed by atoms with Gasteiger partial charge in [-0.05, 0) is 31.1 Å². The summed E-state index contributed by atoms with van der Waals surface area (Å²) >= 11 is 5.75. The fourth-order valence-corrected chi connectivity index (χ4v) is 2.70. The topological polar surface area (TPSA) is 68.1 Å². The van der Waals surface area contributed by atoms with Gasteiger partial charge in [0.15, 0.2) is 0 Å². The molecule has 0 saturated heterocycles. The molecule has 0 spiro atoms. The van der Waals surface area contributed by atoms with Crippen molar-refractivity contribution >= 4 is 23.1 Å². The minimum absolute atomic E-state index is 0.0567. The van der Waals surface area contributed by atoms with Crippen LogP contribution in [0.3, 0.4) is 0 Å². The highest BCUT2D eigenvalue weighted by atomic mass is 35.5. The summed E-state index contributed by atoms with van der Waals surface area (Å²) in [6, 6.07) is 1.59. The Morgan fingerprint density at radius 3 is 2.79 bits per heavy atom. The lowest BCUT2D eigenvalue weighted by molar-refractivity contribution is -0.384. The largest absolute Gasteiger partial charge is 0.362 e. The van der Waals surface area contributed by atoms with Gasteiger partial charge < -0.3 is 5.32 Å². The summed E-state index contributed by atoms with van der Waals surface area (Å²) in [5.41, 5.74) is -0.0567. The van der Waals surface area contributed by atoms with E-state index in [1.807, 2.05) is 0 Å². The summed E-state index contributed by atoms with van der Waals surface area (Å²) in [7, 11) is 0. The zero-order chi connectivity index (χ0) is 14.0. The minimum atomic E-state index is -0.448. The maximum Gasteiger partial charge on any atom is 0.312 e. The van der Waals surface area contributed by atoms with Gasteiger partial charge in [-0.2, -0.15) is 0 Å². The summed E-state index contributed by atoms with van der Waals surface area (Å²) in [6.45, 7) is 4.48. The molecule has 0 aromatic carbocycles.